The van der Waals surface area contributed by atoms with E-state index in [4.69, 9.17) is 15.5 Å². The second kappa shape index (κ2) is 6.50. The maximum absolute atomic E-state index is 5.79. The molecule has 1 aromatic heterocycles. The van der Waals surface area contributed by atoms with Gasteiger partial charge in [0, 0.05) is 31.1 Å². The molecular weight excluding hydrogens is 246 g/mol. The highest BCUT2D eigenvalue weighted by molar-refractivity contribution is 7.15. The molecule has 0 aromatic carbocycles. The summed E-state index contributed by atoms with van der Waals surface area (Å²) in [5.41, 5.74) is 6.80. The molecule has 1 saturated heterocycles. The minimum Gasteiger partial charge on any atom is -0.378 e. The highest BCUT2D eigenvalue weighted by atomic mass is 32.1. The zero-order valence-corrected chi connectivity index (χ0v) is 12.1. The average molecular weight is 269 g/mol. The summed E-state index contributed by atoms with van der Waals surface area (Å²) >= 11 is 1.73. The Balaban J connectivity index is 2.20. The van der Waals surface area contributed by atoms with Crippen molar-refractivity contribution in [3.63, 3.8) is 0 Å². The van der Waals surface area contributed by atoms with Crippen LogP contribution in [0.5, 0.6) is 0 Å². The summed E-state index contributed by atoms with van der Waals surface area (Å²) in [6, 6.07) is 0.583. The highest BCUT2D eigenvalue weighted by Gasteiger charge is 2.21. The molecule has 2 rings (SSSR count). The predicted molar refractivity (Wildman–Crippen MR) is 76.0 cm³/mol. The Morgan fingerprint density at radius 2 is 2.28 bits per heavy atom. The third-order valence-corrected chi connectivity index (χ3v) is 4.69. The summed E-state index contributed by atoms with van der Waals surface area (Å²) in [5, 5.41) is 1.12. The monoisotopic (exact) mass is 269 g/mol. The molecule has 0 aliphatic carbocycles. The number of thiazole rings is 1. The molecule has 102 valence electrons. The molecule has 1 aromatic rings. The van der Waals surface area contributed by atoms with Crippen LogP contribution >= 0.6 is 11.3 Å². The summed E-state index contributed by atoms with van der Waals surface area (Å²) in [4.78, 5) is 8.32. The molecule has 1 unspecified atom stereocenters. The predicted octanol–water partition coefficient (Wildman–Crippen LogP) is 2.52. The molecule has 0 spiro atoms. The minimum atomic E-state index is 0.554. The fraction of sp³-hybridized carbons (Fsp3) is 0.769. The third kappa shape index (κ3) is 3.02. The summed E-state index contributed by atoms with van der Waals surface area (Å²) in [5.74, 6) is 0. The van der Waals surface area contributed by atoms with E-state index < -0.39 is 0 Å². The van der Waals surface area contributed by atoms with Crippen LogP contribution in [0, 0.1) is 0 Å². The van der Waals surface area contributed by atoms with E-state index in [1.54, 1.807) is 18.4 Å². The standard InChI is InChI=1S/C13H23N3OS/c1-10-6-4-3-5-7-16(10)13-15-11(9-17-2)12(8-14)18-13/h10H,3-9,14H2,1-2H3. The van der Waals surface area contributed by atoms with E-state index in [0.29, 0.717) is 19.2 Å². The lowest BCUT2D eigenvalue weighted by Crippen LogP contribution is -2.32. The average Bonchev–Trinajstić information content (AvgIpc) is 2.64. The van der Waals surface area contributed by atoms with E-state index in [1.807, 2.05) is 0 Å². The van der Waals surface area contributed by atoms with Crippen molar-refractivity contribution in [1.29, 1.82) is 0 Å². The van der Waals surface area contributed by atoms with E-state index >= 15 is 0 Å². The smallest absolute Gasteiger partial charge is 0.186 e. The van der Waals surface area contributed by atoms with Gasteiger partial charge in [0.2, 0.25) is 0 Å². The number of ether oxygens (including phenoxy) is 1. The van der Waals surface area contributed by atoms with Crippen LogP contribution in [0.4, 0.5) is 5.13 Å². The summed E-state index contributed by atoms with van der Waals surface area (Å²) in [7, 11) is 1.70. The zero-order valence-electron chi connectivity index (χ0n) is 11.3. The van der Waals surface area contributed by atoms with Crippen LogP contribution in [0.2, 0.25) is 0 Å². The molecule has 1 fully saturated rings. The van der Waals surface area contributed by atoms with Gasteiger partial charge in [-0.05, 0) is 19.8 Å². The fourth-order valence-corrected chi connectivity index (χ4v) is 3.53. The van der Waals surface area contributed by atoms with E-state index in [-0.39, 0.29) is 0 Å². The van der Waals surface area contributed by atoms with Crippen molar-refractivity contribution in [2.75, 3.05) is 18.6 Å². The second-order valence-electron chi connectivity index (χ2n) is 4.90. The maximum atomic E-state index is 5.79. The Morgan fingerprint density at radius 1 is 1.44 bits per heavy atom. The number of anilines is 1. The Hall–Kier alpha value is -0.650. The van der Waals surface area contributed by atoms with Gasteiger partial charge in [-0.3, -0.25) is 0 Å². The normalized spacial score (nSPS) is 21.1. The number of rotatable bonds is 4. The summed E-state index contributed by atoms with van der Waals surface area (Å²) in [6.07, 6.45) is 5.19. The molecule has 2 heterocycles. The number of hydrogen-bond acceptors (Lipinski definition) is 5. The lowest BCUT2D eigenvalue weighted by atomic mass is 10.1. The molecule has 0 radical (unpaired) electrons. The van der Waals surface area contributed by atoms with E-state index in [1.165, 1.54) is 25.7 Å². The molecule has 0 saturated carbocycles. The van der Waals surface area contributed by atoms with Gasteiger partial charge in [-0.2, -0.15) is 0 Å². The van der Waals surface area contributed by atoms with Crippen molar-refractivity contribution in [1.82, 2.24) is 4.98 Å². The fourth-order valence-electron chi connectivity index (χ4n) is 2.46. The molecule has 5 heteroatoms. The highest BCUT2D eigenvalue weighted by Crippen LogP contribution is 2.30. The summed E-state index contributed by atoms with van der Waals surface area (Å²) < 4.78 is 5.19. The Labute approximate surface area is 113 Å². The first-order chi connectivity index (χ1) is 8.76. The van der Waals surface area contributed by atoms with Crippen LogP contribution in [0.3, 0.4) is 0 Å². The van der Waals surface area contributed by atoms with E-state index in [0.717, 1.165) is 22.2 Å². The quantitative estimate of drug-likeness (QED) is 0.912. The minimum absolute atomic E-state index is 0.554. The van der Waals surface area contributed by atoms with Gasteiger partial charge in [0.05, 0.1) is 12.3 Å². The first kappa shape index (κ1) is 13.8. The first-order valence-corrected chi connectivity index (χ1v) is 7.52. The van der Waals surface area contributed by atoms with Crippen LogP contribution in [-0.4, -0.2) is 24.7 Å². The van der Waals surface area contributed by atoms with Crippen LogP contribution in [0.15, 0.2) is 0 Å². The van der Waals surface area contributed by atoms with Gasteiger partial charge in [0.1, 0.15) is 0 Å². The molecule has 1 aliphatic heterocycles. The Bertz CT molecular complexity index is 380. The van der Waals surface area contributed by atoms with Crippen LogP contribution in [0.1, 0.15) is 43.2 Å². The third-order valence-electron chi connectivity index (χ3n) is 3.53. The van der Waals surface area contributed by atoms with Crippen LogP contribution < -0.4 is 10.6 Å². The molecule has 1 atom stereocenters. The summed E-state index contributed by atoms with van der Waals surface area (Å²) in [6.45, 7) is 4.53. The lowest BCUT2D eigenvalue weighted by Gasteiger charge is -2.26. The van der Waals surface area contributed by atoms with Gasteiger partial charge >= 0.3 is 0 Å². The Kier molecular flexibility index (Phi) is 4.97. The zero-order chi connectivity index (χ0) is 13.0. The van der Waals surface area contributed by atoms with E-state index in [2.05, 4.69) is 11.8 Å². The van der Waals surface area contributed by atoms with Crippen molar-refractivity contribution in [3.8, 4) is 0 Å². The molecule has 0 amide bonds. The van der Waals surface area contributed by atoms with Crippen LogP contribution in [0.25, 0.3) is 0 Å². The van der Waals surface area contributed by atoms with Crippen molar-refractivity contribution < 1.29 is 4.74 Å². The van der Waals surface area contributed by atoms with Gasteiger partial charge in [-0.25, -0.2) is 4.98 Å². The Morgan fingerprint density at radius 3 is 3.00 bits per heavy atom. The van der Waals surface area contributed by atoms with Crippen molar-refractivity contribution in [3.05, 3.63) is 10.6 Å². The van der Waals surface area contributed by atoms with Gasteiger partial charge in [0.25, 0.3) is 0 Å². The van der Waals surface area contributed by atoms with Crippen LogP contribution in [-0.2, 0) is 17.9 Å². The van der Waals surface area contributed by atoms with Crippen molar-refractivity contribution >= 4 is 16.5 Å². The van der Waals surface area contributed by atoms with Gasteiger partial charge < -0.3 is 15.4 Å². The number of methoxy groups -OCH3 is 1. The second-order valence-corrected chi connectivity index (χ2v) is 5.96. The largest absolute Gasteiger partial charge is 0.378 e. The topological polar surface area (TPSA) is 51.4 Å². The van der Waals surface area contributed by atoms with Crippen molar-refractivity contribution in [2.45, 2.75) is 51.8 Å². The van der Waals surface area contributed by atoms with E-state index in [9.17, 15) is 0 Å². The molecule has 0 bridgehead atoms. The first-order valence-electron chi connectivity index (χ1n) is 6.70. The van der Waals surface area contributed by atoms with Gasteiger partial charge in [-0.1, -0.05) is 12.8 Å². The van der Waals surface area contributed by atoms with Gasteiger partial charge in [-0.15, -0.1) is 11.3 Å². The van der Waals surface area contributed by atoms with Crippen molar-refractivity contribution in [2.24, 2.45) is 5.73 Å². The molecule has 18 heavy (non-hydrogen) atoms. The SMILES string of the molecule is COCc1nc(N2CCCCCC2C)sc1CN. The number of nitrogens with zero attached hydrogens (tertiary/aromatic N) is 2. The molecule has 1 aliphatic rings. The van der Waals surface area contributed by atoms with Gasteiger partial charge in [0.15, 0.2) is 5.13 Å². The molecular formula is C13H23N3OS. The number of hydrogen-bond donors (Lipinski definition) is 1. The molecule has 2 N–H and O–H groups in total. The molecule has 4 nitrogen and oxygen atoms in total. The lowest BCUT2D eigenvalue weighted by molar-refractivity contribution is 0.181. The number of nitrogens with two attached hydrogens (primary N) is 1. The number of aromatic nitrogens is 1. The maximum Gasteiger partial charge on any atom is 0.186 e.